The van der Waals surface area contributed by atoms with Crippen LogP contribution in [0.3, 0.4) is 0 Å². The van der Waals surface area contributed by atoms with Crippen LogP contribution in [0.5, 0.6) is 0 Å². The van der Waals surface area contributed by atoms with Crippen LogP contribution in [-0.2, 0) is 9.47 Å². The van der Waals surface area contributed by atoms with Gasteiger partial charge in [-0.05, 0) is 42.2 Å². The first-order valence-electron chi connectivity index (χ1n) is 10.9. The van der Waals surface area contributed by atoms with Crippen molar-refractivity contribution >= 4 is 5.57 Å². The molecule has 1 aliphatic rings. The molecule has 0 spiro atoms. The van der Waals surface area contributed by atoms with E-state index in [4.69, 9.17) is 9.47 Å². The summed E-state index contributed by atoms with van der Waals surface area (Å²) in [6, 6.07) is 20.7. The van der Waals surface area contributed by atoms with Gasteiger partial charge in [-0.2, -0.15) is 0 Å². The van der Waals surface area contributed by atoms with Crippen LogP contribution in [0.15, 0.2) is 85.0 Å². The van der Waals surface area contributed by atoms with Crippen LogP contribution in [0.25, 0.3) is 27.8 Å². The predicted molar refractivity (Wildman–Crippen MR) is 125 cm³/mol. The Morgan fingerprint density at radius 3 is 1.88 bits per heavy atom. The largest absolute Gasteiger partial charge is 0.346 e. The van der Waals surface area contributed by atoms with Gasteiger partial charge in [0.25, 0.3) is 0 Å². The Labute approximate surface area is 187 Å². The van der Waals surface area contributed by atoms with E-state index in [0.29, 0.717) is 30.8 Å². The van der Waals surface area contributed by atoms with Crippen LogP contribution >= 0.6 is 0 Å². The molecule has 0 aliphatic heterocycles. The van der Waals surface area contributed by atoms with Crippen LogP contribution in [0, 0.1) is 11.6 Å². The van der Waals surface area contributed by atoms with E-state index >= 15 is 8.78 Å². The summed E-state index contributed by atoms with van der Waals surface area (Å²) in [6.45, 7) is 4.78. The maximum absolute atomic E-state index is 15.1. The van der Waals surface area contributed by atoms with Gasteiger partial charge in [0, 0.05) is 30.8 Å². The zero-order valence-electron chi connectivity index (χ0n) is 18.3. The fraction of sp³-hybridized carbons (Fsp3) is 0.214. The zero-order chi connectivity index (χ0) is 22.6. The minimum atomic E-state index is -0.856. The second-order valence-electron chi connectivity index (χ2n) is 7.61. The highest BCUT2D eigenvalue weighted by atomic mass is 19.2. The van der Waals surface area contributed by atoms with E-state index in [9.17, 15) is 0 Å². The Morgan fingerprint density at radius 2 is 1.28 bits per heavy atom. The lowest BCUT2D eigenvalue weighted by Crippen LogP contribution is -2.34. The van der Waals surface area contributed by atoms with Gasteiger partial charge in [0.15, 0.2) is 17.4 Å². The van der Waals surface area contributed by atoms with E-state index in [-0.39, 0.29) is 11.1 Å². The second-order valence-corrected chi connectivity index (χ2v) is 7.61. The van der Waals surface area contributed by atoms with Crippen molar-refractivity contribution in [3.05, 3.63) is 102 Å². The molecule has 0 bridgehead atoms. The summed E-state index contributed by atoms with van der Waals surface area (Å²) in [7, 11) is 0. The lowest BCUT2D eigenvalue weighted by atomic mass is 9.93. The molecule has 0 aromatic heterocycles. The number of ether oxygens (including phenoxy) is 2. The highest BCUT2D eigenvalue weighted by Crippen LogP contribution is 2.35. The van der Waals surface area contributed by atoms with Gasteiger partial charge in [-0.3, -0.25) is 0 Å². The first-order valence-corrected chi connectivity index (χ1v) is 10.9. The monoisotopic (exact) mass is 432 g/mol. The van der Waals surface area contributed by atoms with Gasteiger partial charge in [-0.25, -0.2) is 8.78 Å². The van der Waals surface area contributed by atoms with Gasteiger partial charge >= 0.3 is 0 Å². The van der Waals surface area contributed by atoms with Gasteiger partial charge in [0.2, 0.25) is 0 Å². The molecule has 1 aliphatic carbocycles. The molecule has 0 radical (unpaired) electrons. The first kappa shape index (κ1) is 22.1. The highest BCUT2D eigenvalue weighted by molar-refractivity contribution is 5.78. The fourth-order valence-corrected chi connectivity index (χ4v) is 4.02. The molecular formula is C28H26F2O2. The molecule has 0 fully saturated rings. The maximum Gasteiger partial charge on any atom is 0.191 e. The van der Waals surface area contributed by atoms with Crippen molar-refractivity contribution < 1.29 is 18.3 Å². The van der Waals surface area contributed by atoms with Crippen LogP contribution in [-0.4, -0.2) is 19.0 Å². The van der Waals surface area contributed by atoms with Gasteiger partial charge in [0.05, 0.1) is 0 Å². The molecule has 4 rings (SSSR count). The summed E-state index contributed by atoms with van der Waals surface area (Å²) in [4.78, 5) is 0. The normalized spacial score (nSPS) is 14.9. The third-order valence-corrected chi connectivity index (χ3v) is 5.60. The van der Waals surface area contributed by atoms with Crippen molar-refractivity contribution in [2.24, 2.45) is 0 Å². The molecule has 3 aromatic carbocycles. The summed E-state index contributed by atoms with van der Waals surface area (Å²) in [5.74, 6) is -2.55. The number of hydrogen-bond acceptors (Lipinski definition) is 2. The minimum Gasteiger partial charge on any atom is -0.346 e. The molecule has 0 amide bonds. The standard InChI is InChI=1S/C28H26F2O2/c1-3-31-28(32-4-2)18-16-23(17-19-28)25-15-14-24(26(29)27(25)30)22-12-10-21(11-13-22)20-8-6-5-7-9-20/h5-18H,3-4,19H2,1-2H3. The zero-order valence-corrected chi connectivity index (χ0v) is 18.3. The number of allylic oxidation sites excluding steroid dienone is 2. The highest BCUT2D eigenvalue weighted by Gasteiger charge is 2.30. The number of rotatable bonds is 7. The molecule has 164 valence electrons. The Balaban J connectivity index is 1.59. The molecule has 3 aromatic rings. The van der Waals surface area contributed by atoms with Crippen molar-refractivity contribution in [1.82, 2.24) is 0 Å². The first-order chi connectivity index (χ1) is 15.6. The molecule has 4 heteroatoms. The van der Waals surface area contributed by atoms with Crippen LogP contribution in [0.2, 0.25) is 0 Å². The van der Waals surface area contributed by atoms with Crippen LogP contribution in [0.1, 0.15) is 25.8 Å². The fourth-order valence-electron chi connectivity index (χ4n) is 4.02. The van der Waals surface area contributed by atoms with E-state index < -0.39 is 17.4 Å². The van der Waals surface area contributed by atoms with Gasteiger partial charge in [-0.1, -0.05) is 78.9 Å². The summed E-state index contributed by atoms with van der Waals surface area (Å²) < 4.78 is 41.6. The van der Waals surface area contributed by atoms with E-state index in [1.54, 1.807) is 24.3 Å². The van der Waals surface area contributed by atoms with Gasteiger partial charge in [-0.15, -0.1) is 0 Å². The predicted octanol–water partition coefficient (Wildman–Crippen LogP) is 7.41. The molecule has 0 atom stereocenters. The van der Waals surface area contributed by atoms with E-state index in [0.717, 1.165) is 11.1 Å². The minimum absolute atomic E-state index is 0.227. The van der Waals surface area contributed by atoms with E-state index in [1.165, 1.54) is 0 Å². The summed E-state index contributed by atoms with van der Waals surface area (Å²) in [6.07, 6.45) is 5.78. The molecule has 2 nitrogen and oxygen atoms in total. The van der Waals surface area contributed by atoms with Crippen LogP contribution in [0.4, 0.5) is 8.78 Å². The maximum atomic E-state index is 15.1. The van der Waals surface area contributed by atoms with Gasteiger partial charge in [0.1, 0.15) is 0 Å². The molecule has 0 unspecified atom stereocenters. The average molecular weight is 433 g/mol. The quantitative estimate of drug-likeness (QED) is 0.362. The molecule has 32 heavy (non-hydrogen) atoms. The Hall–Kier alpha value is -3.08. The Bertz CT molecular complexity index is 1130. The topological polar surface area (TPSA) is 18.5 Å². The molecular weight excluding hydrogens is 406 g/mol. The van der Waals surface area contributed by atoms with Crippen molar-refractivity contribution in [3.63, 3.8) is 0 Å². The number of hydrogen-bond donors (Lipinski definition) is 0. The second kappa shape index (κ2) is 9.60. The summed E-state index contributed by atoms with van der Waals surface area (Å²) in [5, 5.41) is 0. The number of benzene rings is 3. The lowest BCUT2D eigenvalue weighted by Gasteiger charge is -2.31. The smallest absolute Gasteiger partial charge is 0.191 e. The average Bonchev–Trinajstić information content (AvgIpc) is 2.83. The molecule has 0 saturated carbocycles. The summed E-state index contributed by atoms with van der Waals surface area (Å²) >= 11 is 0. The van der Waals surface area contributed by atoms with Crippen LogP contribution < -0.4 is 0 Å². The molecule has 0 N–H and O–H groups in total. The Kier molecular flexibility index (Phi) is 6.63. The third kappa shape index (κ3) is 4.43. The number of halogens is 2. The van der Waals surface area contributed by atoms with Crippen molar-refractivity contribution in [3.8, 4) is 22.3 Å². The van der Waals surface area contributed by atoms with Crippen molar-refractivity contribution in [2.75, 3.05) is 13.2 Å². The molecule has 0 heterocycles. The van der Waals surface area contributed by atoms with E-state index in [2.05, 4.69) is 0 Å². The SMILES string of the molecule is CCOC1(OCC)C=CC(c2ccc(-c3ccc(-c4ccccc4)cc3)c(F)c2F)=CC1. The third-order valence-electron chi connectivity index (χ3n) is 5.60. The lowest BCUT2D eigenvalue weighted by molar-refractivity contribution is -0.197. The van der Waals surface area contributed by atoms with Gasteiger partial charge < -0.3 is 9.47 Å². The van der Waals surface area contributed by atoms with E-state index in [1.807, 2.05) is 74.5 Å². The van der Waals surface area contributed by atoms with Crippen molar-refractivity contribution in [2.45, 2.75) is 26.1 Å². The van der Waals surface area contributed by atoms with Crippen molar-refractivity contribution in [1.29, 1.82) is 0 Å². The Morgan fingerprint density at radius 1 is 0.719 bits per heavy atom. The summed E-state index contributed by atoms with van der Waals surface area (Å²) in [5.41, 5.74) is 3.81. The molecule has 0 saturated heterocycles.